The van der Waals surface area contributed by atoms with Crippen LogP contribution >= 0.6 is 0 Å². The number of ketones is 1. The number of amides is 3. The predicted octanol–water partition coefficient (Wildman–Crippen LogP) is 1.24. The molecule has 5 N–H and O–H groups in total. The molecule has 164 valence electrons. The minimum atomic E-state index is -1.62. The van der Waals surface area contributed by atoms with Crippen molar-refractivity contribution in [2.24, 2.45) is 11.7 Å². The van der Waals surface area contributed by atoms with Gasteiger partial charge in [-0.25, -0.2) is 4.79 Å². The van der Waals surface area contributed by atoms with Crippen LogP contribution in [0.2, 0.25) is 5.82 Å². The molecule has 0 unspecified atom stereocenters. The number of hydrogen-bond donors (Lipinski definition) is 4. The average Bonchev–Trinajstić information content (AvgIpc) is 2.69. The number of Topliss-reactive ketones (excluding diaryl/α,β-unsaturated/α-hetero) is 1. The highest BCUT2D eigenvalue weighted by molar-refractivity contribution is 6.43. The molecule has 9 heteroatoms. The molecule has 0 bridgehead atoms. The number of nitrogens with two attached hydrogens (primary N) is 1. The van der Waals surface area contributed by atoms with Gasteiger partial charge >= 0.3 is 13.1 Å². The van der Waals surface area contributed by atoms with Gasteiger partial charge in [-0.15, -0.1) is 0 Å². The fourth-order valence-electron chi connectivity index (χ4n) is 3.83. The summed E-state index contributed by atoms with van der Waals surface area (Å²) in [5.41, 5.74) is 7.50. The molecule has 2 rings (SSSR count). The molecule has 0 saturated heterocycles. The summed E-state index contributed by atoms with van der Waals surface area (Å²) in [5, 5.41) is 22.0. The minimum absolute atomic E-state index is 0.0456. The van der Waals surface area contributed by atoms with E-state index in [0.717, 1.165) is 12.0 Å². The number of carbonyl (C=O) groups is 3. The summed E-state index contributed by atoms with van der Waals surface area (Å²) in [4.78, 5) is 38.5. The third kappa shape index (κ3) is 7.14. The van der Waals surface area contributed by atoms with Gasteiger partial charge in [0.05, 0.1) is 6.04 Å². The van der Waals surface area contributed by atoms with Crippen LogP contribution in [0, 0.1) is 5.92 Å². The Balaban J connectivity index is 2.05. The van der Waals surface area contributed by atoms with Crippen LogP contribution in [-0.4, -0.2) is 52.4 Å². The van der Waals surface area contributed by atoms with Crippen molar-refractivity contribution < 1.29 is 24.4 Å². The van der Waals surface area contributed by atoms with Crippen LogP contribution in [0.1, 0.15) is 50.7 Å². The molecule has 1 aromatic rings. The van der Waals surface area contributed by atoms with Crippen molar-refractivity contribution in [2.75, 3.05) is 6.54 Å². The first kappa shape index (κ1) is 23.9. The number of hydrogen-bond acceptors (Lipinski definition) is 5. The smallest absolute Gasteiger partial charge is 0.427 e. The number of urea groups is 1. The minimum Gasteiger partial charge on any atom is -0.427 e. The van der Waals surface area contributed by atoms with E-state index < -0.39 is 24.9 Å². The molecule has 1 aromatic carbocycles. The number of carbonyl (C=O) groups excluding carboxylic acids is 3. The predicted molar refractivity (Wildman–Crippen MR) is 114 cm³/mol. The van der Waals surface area contributed by atoms with Crippen molar-refractivity contribution in [3.63, 3.8) is 0 Å². The molecule has 0 aliphatic carbocycles. The summed E-state index contributed by atoms with van der Waals surface area (Å²) < 4.78 is 0. The Morgan fingerprint density at radius 2 is 1.87 bits per heavy atom. The van der Waals surface area contributed by atoms with Crippen LogP contribution < -0.4 is 11.1 Å². The Kier molecular flexibility index (Phi) is 8.86. The van der Waals surface area contributed by atoms with Gasteiger partial charge in [0.2, 0.25) is 5.91 Å². The third-order valence-electron chi connectivity index (χ3n) is 5.44. The fraction of sp³-hybridized carbons (Fsp3) is 0.571. The number of fused-ring (bicyclic) bond motifs is 1. The average molecular weight is 417 g/mol. The lowest BCUT2D eigenvalue weighted by Gasteiger charge is -2.31. The number of nitrogens with one attached hydrogen (secondary N) is 1. The van der Waals surface area contributed by atoms with Crippen molar-refractivity contribution in [3.8, 4) is 0 Å². The first-order valence-electron chi connectivity index (χ1n) is 10.5. The number of rotatable bonds is 10. The van der Waals surface area contributed by atoms with Gasteiger partial charge in [-0.1, -0.05) is 38.1 Å². The van der Waals surface area contributed by atoms with Gasteiger partial charge < -0.3 is 26.0 Å². The Labute approximate surface area is 178 Å². The second kappa shape index (κ2) is 11.1. The van der Waals surface area contributed by atoms with Gasteiger partial charge in [0.15, 0.2) is 5.78 Å². The molecular weight excluding hydrogens is 385 g/mol. The van der Waals surface area contributed by atoms with Crippen molar-refractivity contribution in [2.45, 2.75) is 64.4 Å². The Hall–Kier alpha value is -2.39. The lowest BCUT2D eigenvalue weighted by atomic mass is 9.66. The number of primary amides is 1. The zero-order valence-electron chi connectivity index (χ0n) is 17.7. The third-order valence-corrected chi connectivity index (χ3v) is 5.44. The maximum atomic E-state index is 12.9. The largest absolute Gasteiger partial charge is 0.455 e. The molecular formula is C21H32BN3O5. The van der Waals surface area contributed by atoms with E-state index in [4.69, 9.17) is 5.73 Å². The monoisotopic (exact) mass is 417 g/mol. The molecule has 30 heavy (non-hydrogen) atoms. The molecule has 1 heterocycles. The highest BCUT2D eigenvalue weighted by atomic mass is 16.4. The van der Waals surface area contributed by atoms with Gasteiger partial charge in [0.25, 0.3) is 0 Å². The molecule has 8 nitrogen and oxygen atoms in total. The lowest BCUT2D eigenvalue weighted by Crippen LogP contribution is -2.49. The summed E-state index contributed by atoms with van der Waals surface area (Å²) in [6, 6.07) is 6.63. The zero-order valence-corrected chi connectivity index (χ0v) is 17.7. The van der Waals surface area contributed by atoms with Gasteiger partial charge in [-0.3, -0.25) is 9.59 Å². The normalized spacial score (nSPS) is 15.3. The molecule has 1 aliphatic rings. The van der Waals surface area contributed by atoms with E-state index in [-0.39, 0.29) is 37.0 Å². The maximum Gasteiger partial charge on any atom is 0.455 e. The van der Waals surface area contributed by atoms with Crippen molar-refractivity contribution in [1.82, 2.24) is 10.2 Å². The van der Waals surface area contributed by atoms with Gasteiger partial charge in [0, 0.05) is 31.7 Å². The first-order valence-corrected chi connectivity index (χ1v) is 10.5. The molecule has 3 amide bonds. The van der Waals surface area contributed by atoms with Gasteiger partial charge in [-0.2, -0.15) is 0 Å². The SMILES string of the molecule is CC(C)C[C@H](CC(=O)[C@H](CCC(N)=O)NC(=O)N1CCc2ccccc2C1)B(O)O. The van der Waals surface area contributed by atoms with E-state index in [9.17, 15) is 24.4 Å². The van der Waals surface area contributed by atoms with E-state index in [1.54, 1.807) is 4.90 Å². The van der Waals surface area contributed by atoms with Crippen LogP contribution in [-0.2, 0) is 22.6 Å². The van der Waals surface area contributed by atoms with Crippen LogP contribution in [0.4, 0.5) is 4.79 Å². The van der Waals surface area contributed by atoms with E-state index in [0.29, 0.717) is 19.5 Å². The maximum absolute atomic E-state index is 12.9. The van der Waals surface area contributed by atoms with Gasteiger partial charge in [-0.05, 0) is 36.3 Å². The number of benzene rings is 1. The van der Waals surface area contributed by atoms with Crippen LogP contribution in [0.25, 0.3) is 0 Å². The standard InChI is InChI=1S/C21H32BN3O5/c1-14(2)11-17(22(29)30)12-19(26)18(7-8-20(23)27)24-21(28)25-10-9-15-5-3-4-6-16(15)13-25/h3-6,14,17-18,29-30H,7-13H2,1-2H3,(H2,23,27)(H,24,28)/t17-,18+/m1/s1. The molecule has 0 radical (unpaired) electrons. The molecule has 0 fully saturated rings. The molecule has 2 atom stereocenters. The van der Waals surface area contributed by atoms with Crippen LogP contribution in [0.5, 0.6) is 0 Å². The Bertz CT molecular complexity index is 756. The summed E-state index contributed by atoms with van der Waals surface area (Å²) in [5.74, 6) is -1.35. The zero-order chi connectivity index (χ0) is 22.3. The van der Waals surface area contributed by atoms with Crippen molar-refractivity contribution in [3.05, 3.63) is 35.4 Å². The topological polar surface area (TPSA) is 133 Å². The Morgan fingerprint density at radius 3 is 2.47 bits per heavy atom. The van der Waals surface area contributed by atoms with E-state index >= 15 is 0 Å². The van der Waals surface area contributed by atoms with Crippen LogP contribution in [0.3, 0.4) is 0 Å². The summed E-state index contributed by atoms with van der Waals surface area (Å²) in [6.07, 6.45) is 1.14. The summed E-state index contributed by atoms with van der Waals surface area (Å²) in [7, 11) is -1.62. The Morgan fingerprint density at radius 1 is 1.20 bits per heavy atom. The van der Waals surface area contributed by atoms with Gasteiger partial charge in [0.1, 0.15) is 0 Å². The molecule has 0 spiro atoms. The first-order chi connectivity index (χ1) is 14.2. The molecule has 0 aromatic heterocycles. The second-order valence-electron chi connectivity index (χ2n) is 8.42. The van der Waals surface area contributed by atoms with Crippen molar-refractivity contribution >= 4 is 24.8 Å². The molecule has 0 saturated carbocycles. The van der Waals surface area contributed by atoms with E-state index in [1.807, 2.05) is 38.1 Å². The van der Waals surface area contributed by atoms with E-state index in [2.05, 4.69) is 5.32 Å². The summed E-state index contributed by atoms with van der Waals surface area (Å²) in [6.45, 7) is 4.84. The summed E-state index contributed by atoms with van der Waals surface area (Å²) >= 11 is 0. The van der Waals surface area contributed by atoms with E-state index in [1.165, 1.54) is 5.56 Å². The quantitative estimate of drug-likeness (QED) is 0.425. The second-order valence-corrected chi connectivity index (χ2v) is 8.42. The number of nitrogens with zero attached hydrogens (tertiary/aromatic N) is 1. The highest BCUT2D eigenvalue weighted by Gasteiger charge is 2.31. The van der Waals surface area contributed by atoms with Crippen molar-refractivity contribution in [1.29, 1.82) is 0 Å². The highest BCUT2D eigenvalue weighted by Crippen LogP contribution is 2.25. The van der Waals surface area contributed by atoms with Crippen LogP contribution in [0.15, 0.2) is 24.3 Å². The lowest BCUT2D eigenvalue weighted by molar-refractivity contribution is -0.122. The molecule has 1 aliphatic heterocycles. The fourth-order valence-corrected chi connectivity index (χ4v) is 3.83.